The molecule has 0 fully saturated rings. The van der Waals surface area contributed by atoms with E-state index in [1.54, 1.807) is 35.2 Å². The number of halogens is 1. The van der Waals surface area contributed by atoms with E-state index >= 15 is 0 Å². The summed E-state index contributed by atoms with van der Waals surface area (Å²) in [4.78, 5) is 13.2. The topological polar surface area (TPSA) is 63.7 Å². The molecule has 0 saturated carbocycles. The molecule has 3 rings (SSSR count). The molecule has 2 aromatic rings. The number of carbonyl (C=O) groups excluding carboxylic acids is 1. The van der Waals surface area contributed by atoms with E-state index in [1.165, 1.54) is 12.3 Å². The van der Waals surface area contributed by atoms with Crippen molar-refractivity contribution in [3.8, 4) is 0 Å². The van der Waals surface area contributed by atoms with Gasteiger partial charge < -0.3 is 9.64 Å². The number of nitrogens with zero attached hydrogens (tertiary/aromatic N) is 1. The van der Waals surface area contributed by atoms with Crippen LogP contribution in [0.2, 0.25) is 5.02 Å². The smallest absolute Gasteiger partial charge is 0.351 e. The van der Waals surface area contributed by atoms with Gasteiger partial charge in [0.25, 0.3) is 0 Å². The van der Waals surface area contributed by atoms with Crippen molar-refractivity contribution in [2.24, 2.45) is 0 Å². The first-order valence-corrected chi connectivity index (χ1v) is 8.92. The van der Waals surface area contributed by atoms with Crippen molar-refractivity contribution >= 4 is 38.8 Å². The lowest BCUT2D eigenvalue weighted by atomic mass is 10.2. The standard InChI is InChI=1S/C17H14ClNO4S/c1-11-7-8-12(9-13(11)18)19-10-16(17(20)23-2)24(21,22)15-6-4-3-5-14(15)19/h3-10H,1-2H3. The summed E-state index contributed by atoms with van der Waals surface area (Å²) < 4.78 is 30.0. The molecule has 0 unspecified atom stereocenters. The first kappa shape index (κ1) is 16.5. The van der Waals surface area contributed by atoms with Crippen molar-refractivity contribution in [1.82, 2.24) is 0 Å². The SMILES string of the molecule is COC(=O)C1=CN(c2ccc(C)c(Cl)c2)c2ccccc2S1(=O)=O. The monoisotopic (exact) mass is 363 g/mol. The van der Waals surface area contributed by atoms with Crippen LogP contribution in [0.5, 0.6) is 0 Å². The van der Waals surface area contributed by atoms with Crippen molar-refractivity contribution in [2.75, 3.05) is 12.0 Å². The molecule has 24 heavy (non-hydrogen) atoms. The molecule has 0 amide bonds. The van der Waals surface area contributed by atoms with Gasteiger partial charge in [-0.05, 0) is 36.8 Å². The normalized spacial score (nSPS) is 15.5. The Morgan fingerprint density at radius 1 is 1.17 bits per heavy atom. The highest BCUT2D eigenvalue weighted by Gasteiger charge is 2.36. The number of sulfone groups is 1. The lowest BCUT2D eigenvalue weighted by Gasteiger charge is -2.28. The van der Waals surface area contributed by atoms with E-state index < -0.39 is 20.7 Å². The average molecular weight is 364 g/mol. The summed E-state index contributed by atoms with van der Waals surface area (Å²) in [6.45, 7) is 1.87. The summed E-state index contributed by atoms with van der Waals surface area (Å²) in [5.74, 6) is -0.910. The summed E-state index contributed by atoms with van der Waals surface area (Å²) in [6, 6.07) is 11.8. The van der Waals surface area contributed by atoms with Gasteiger partial charge in [0.15, 0.2) is 4.91 Å². The van der Waals surface area contributed by atoms with E-state index in [2.05, 4.69) is 4.74 Å². The Balaban J connectivity index is 2.27. The van der Waals surface area contributed by atoms with Crippen molar-refractivity contribution < 1.29 is 17.9 Å². The van der Waals surface area contributed by atoms with Crippen LogP contribution in [0.3, 0.4) is 0 Å². The van der Waals surface area contributed by atoms with Gasteiger partial charge in [-0.25, -0.2) is 13.2 Å². The molecule has 1 aliphatic heterocycles. The van der Waals surface area contributed by atoms with Crippen LogP contribution in [0.1, 0.15) is 5.56 Å². The quantitative estimate of drug-likeness (QED) is 0.763. The van der Waals surface area contributed by atoms with Crippen molar-refractivity contribution in [3.05, 3.63) is 64.2 Å². The molecule has 0 aliphatic carbocycles. The molecule has 0 spiro atoms. The van der Waals surface area contributed by atoms with E-state index in [0.29, 0.717) is 16.4 Å². The van der Waals surface area contributed by atoms with Gasteiger partial charge in [-0.1, -0.05) is 29.8 Å². The number of esters is 1. The van der Waals surface area contributed by atoms with Crippen LogP contribution in [0.25, 0.3) is 0 Å². The maximum atomic E-state index is 12.7. The lowest BCUT2D eigenvalue weighted by Crippen LogP contribution is -2.26. The Bertz CT molecular complexity index is 966. The van der Waals surface area contributed by atoms with Crippen LogP contribution in [-0.4, -0.2) is 21.5 Å². The van der Waals surface area contributed by atoms with Crippen LogP contribution < -0.4 is 4.90 Å². The fourth-order valence-electron chi connectivity index (χ4n) is 2.47. The number of carbonyl (C=O) groups is 1. The van der Waals surface area contributed by atoms with E-state index in [1.807, 2.05) is 13.0 Å². The summed E-state index contributed by atoms with van der Waals surface area (Å²) in [5.41, 5.74) is 2.00. The van der Waals surface area contributed by atoms with E-state index in [0.717, 1.165) is 12.7 Å². The highest BCUT2D eigenvalue weighted by atomic mass is 35.5. The maximum absolute atomic E-state index is 12.7. The van der Waals surface area contributed by atoms with Crippen LogP contribution in [0, 0.1) is 6.92 Å². The molecule has 0 atom stereocenters. The lowest BCUT2D eigenvalue weighted by molar-refractivity contribution is -0.135. The van der Waals surface area contributed by atoms with Gasteiger partial charge >= 0.3 is 5.97 Å². The molecular weight excluding hydrogens is 350 g/mol. The maximum Gasteiger partial charge on any atom is 0.351 e. The number of para-hydroxylation sites is 1. The van der Waals surface area contributed by atoms with E-state index in [9.17, 15) is 13.2 Å². The third kappa shape index (κ3) is 2.57. The third-order valence-corrected chi connectivity index (χ3v) is 5.95. The summed E-state index contributed by atoms with van der Waals surface area (Å²) >= 11 is 6.19. The average Bonchev–Trinajstić information content (AvgIpc) is 2.57. The fraction of sp³-hybridized carbons (Fsp3) is 0.118. The molecule has 7 heteroatoms. The minimum absolute atomic E-state index is 0.0459. The number of aryl methyl sites for hydroxylation is 1. The zero-order chi connectivity index (χ0) is 17.5. The molecule has 124 valence electrons. The zero-order valence-electron chi connectivity index (χ0n) is 13.0. The highest BCUT2D eigenvalue weighted by Crippen LogP contribution is 2.40. The van der Waals surface area contributed by atoms with Gasteiger partial charge in [-0.2, -0.15) is 0 Å². The molecule has 0 saturated heterocycles. The van der Waals surface area contributed by atoms with Crippen molar-refractivity contribution in [3.63, 3.8) is 0 Å². The van der Waals surface area contributed by atoms with Gasteiger partial charge in [-0.15, -0.1) is 0 Å². The fourth-order valence-corrected chi connectivity index (χ4v) is 4.12. The second-order valence-corrected chi connectivity index (χ2v) is 7.55. The van der Waals surface area contributed by atoms with Gasteiger partial charge in [0.1, 0.15) is 0 Å². The van der Waals surface area contributed by atoms with Gasteiger partial charge in [0, 0.05) is 16.9 Å². The minimum atomic E-state index is -3.94. The molecule has 2 aromatic carbocycles. The Morgan fingerprint density at radius 2 is 1.88 bits per heavy atom. The largest absolute Gasteiger partial charge is 0.465 e. The molecule has 1 aliphatic rings. The number of rotatable bonds is 2. The third-order valence-electron chi connectivity index (χ3n) is 3.77. The molecule has 5 nitrogen and oxygen atoms in total. The molecule has 0 N–H and O–H groups in total. The molecule has 1 heterocycles. The second-order valence-electron chi connectivity index (χ2n) is 5.26. The first-order valence-electron chi connectivity index (χ1n) is 7.06. The summed E-state index contributed by atoms with van der Waals surface area (Å²) in [5, 5.41) is 0.548. The summed E-state index contributed by atoms with van der Waals surface area (Å²) in [6.07, 6.45) is 1.27. The second kappa shape index (κ2) is 5.96. The molecular formula is C17H14ClNO4S. The molecule has 0 aromatic heterocycles. The summed E-state index contributed by atoms with van der Waals surface area (Å²) in [7, 11) is -2.80. The van der Waals surface area contributed by atoms with Gasteiger partial charge in [-0.3, -0.25) is 0 Å². The molecule has 0 bridgehead atoms. The Kier molecular flexibility index (Phi) is 4.11. The Labute approximate surface area is 145 Å². The van der Waals surface area contributed by atoms with Gasteiger partial charge in [0.2, 0.25) is 9.84 Å². The van der Waals surface area contributed by atoms with E-state index in [-0.39, 0.29) is 4.90 Å². The predicted octanol–water partition coefficient (Wildman–Crippen LogP) is 3.59. The highest BCUT2D eigenvalue weighted by molar-refractivity contribution is 7.96. The zero-order valence-corrected chi connectivity index (χ0v) is 14.6. The predicted molar refractivity (Wildman–Crippen MR) is 92.1 cm³/mol. The number of hydrogen-bond donors (Lipinski definition) is 0. The molecule has 0 radical (unpaired) electrons. The first-order chi connectivity index (χ1) is 11.4. The number of fused-ring (bicyclic) bond motifs is 1. The van der Waals surface area contributed by atoms with Crippen LogP contribution in [0.15, 0.2) is 58.5 Å². The van der Waals surface area contributed by atoms with Crippen LogP contribution >= 0.6 is 11.6 Å². The number of hydrogen-bond acceptors (Lipinski definition) is 5. The number of methoxy groups -OCH3 is 1. The van der Waals surface area contributed by atoms with E-state index in [4.69, 9.17) is 11.6 Å². The van der Waals surface area contributed by atoms with Crippen molar-refractivity contribution in [1.29, 1.82) is 0 Å². The van der Waals surface area contributed by atoms with Crippen LogP contribution in [-0.2, 0) is 19.4 Å². The number of ether oxygens (including phenoxy) is 1. The minimum Gasteiger partial charge on any atom is -0.465 e. The Hall–Kier alpha value is -2.31. The van der Waals surface area contributed by atoms with Gasteiger partial charge in [0.05, 0.1) is 17.7 Å². The van der Waals surface area contributed by atoms with Crippen LogP contribution in [0.4, 0.5) is 11.4 Å². The number of benzene rings is 2. The van der Waals surface area contributed by atoms with Crippen molar-refractivity contribution in [2.45, 2.75) is 11.8 Å². The number of anilines is 2. The Morgan fingerprint density at radius 3 is 2.54 bits per heavy atom.